The molecule has 0 saturated carbocycles. The van der Waals surface area contributed by atoms with Gasteiger partial charge >= 0.3 is 0 Å². The van der Waals surface area contributed by atoms with Crippen molar-refractivity contribution in [2.24, 2.45) is 0 Å². The van der Waals surface area contributed by atoms with Crippen molar-refractivity contribution in [3.8, 4) is 6.07 Å². The third-order valence-electron chi connectivity index (χ3n) is 4.09. The lowest BCUT2D eigenvalue weighted by Gasteiger charge is -2.05. The molecule has 6 heteroatoms. The predicted octanol–water partition coefficient (Wildman–Crippen LogP) is 2.68. The van der Waals surface area contributed by atoms with E-state index in [1.54, 1.807) is 4.68 Å². The average Bonchev–Trinajstić information content (AvgIpc) is 2.95. The summed E-state index contributed by atoms with van der Waals surface area (Å²) in [6.07, 6.45) is 2.00. The number of nitrogen functional groups attached to an aromatic ring is 1. The first-order chi connectivity index (χ1) is 11.8. The van der Waals surface area contributed by atoms with E-state index in [4.69, 9.17) is 11.0 Å². The number of nitrogens with zero attached hydrogens (tertiary/aromatic N) is 5. The van der Waals surface area contributed by atoms with Gasteiger partial charge in [0.05, 0.1) is 17.1 Å². The molecule has 0 bridgehead atoms. The minimum absolute atomic E-state index is 0.127. The van der Waals surface area contributed by atoms with Gasteiger partial charge in [0.1, 0.15) is 18.7 Å². The molecular weight excluding hydrogens is 300 g/mol. The molecule has 2 aromatic heterocycles. The Morgan fingerprint density at radius 3 is 2.79 bits per heavy atom. The van der Waals surface area contributed by atoms with Crippen LogP contribution in [0.3, 0.4) is 0 Å². The van der Waals surface area contributed by atoms with E-state index in [1.807, 2.05) is 18.2 Å². The molecule has 4 rings (SSSR count). The minimum atomic E-state index is 0.127. The van der Waals surface area contributed by atoms with Crippen LogP contribution in [-0.2, 0) is 13.0 Å². The molecular formula is C18H14N6. The van der Waals surface area contributed by atoms with Crippen molar-refractivity contribution < 1.29 is 0 Å². The SMILES string of the molecule is N#CCn1nc(Cc2cccc3ccccc23)c2c(N)ncnc21. The van der Waals surface area contributed by atoms with Crippen LogP contribution < -0.4 is 5.73 Å². The smallest absolute Gasteiger partial charge is 0.164 e. The molecule has 2 N–H and O–H groups in total. The quantitative estimate of drug-likeness (QED) is 0.627. The summed E-state index contributed by atoms with van der Waals surface area (Å²) in [5.74, 6) is 0.388. The van der Waals surface area contributed by atoms with Crippen LogP contribution in [0.4, 0.5) is 5.82 Å². The first-order valence-electron chi connectivity index (χ1n) is 7.57. The van der Waals surface area contributed by atoms with Crippen LogP contribution in [0.5, 0.6) is 0 Å². The maximum atomic E-state index is 9.00. The van der Waals surface area contributed by atoms with Gasteiger partial charge in [-0.3, -0.25) is 0 Å². The Bertz CT molecular complexity index is 1080. The van der Waals surface area contributed by atoms with Gasteiger partial charge in [0, 0.05) is 6.42 Å². The van der Waals surface area contributed by atoms with Crippen molar-refractivity contribution in [1.29, 1.82) is 5.26 Å². The highest BCUT2D eigenvalue weighted by Crippen LogP contribution is 2.26. The molecule has 116 valence electrons. The Kier molecular flexibility index (Phi) is 3.32. The monoisotopic (exact) mass is 314 g/mol. The van der Waals surface area contributed by atoms with Gasteiger partial charge in [-0.05, 0) is 16.3 Å². The third-order valence-corrected chi connectivity index (χ3v) is 4.09. The van der Waals surface area contributed by atoms with Gasteiger partial charge in [0.25, 0.3) is 0 Å². The lowest BCUT2D eigenvalue weighted by atomic mass is 10.0. The van der Waals surface area contributed by atoms with Gasteiger partial charge in [-0.15, -0.1) is 0 Å². The van der Waals surface area contributed by atoms with Crippen LogP contribution in [0.2, 0.25) is 0 Å². The van der Waals surface area contributed by atoms with Crippen molar-refractivity contribution in [2.75, 3.05) is 5.73 Å². The highest BCUT2D eigenvalue weighted by molar-refractivity contribution is 5.90. The van der Waals surface area contributed by atoms with E-state index in [0.29, 0.717) is 17.9 Å². The van der Waals surface area contributed by atoms with Crippen LogP contribution >= 0.6 is 0 Å². The molecule has 6 nitrogen and oxygen atoms in total. The summed E-state index contributed by atoms with van der Waals surface area (Å²) >= 11 is 0. The number of anilines is 1. The van der Waals surface area contributed by atoms with Crippen LogP contribution in [0.25, 0.3) is 21.8 Å². The van der Waals surface area contributed by atoms with Gasteiger partial charge in [-0.1, -0.05) is 42.5 Å². The molecule has 0 amide bonds. The van der Waals surface area contributed by atoms with Gasteiger partial charge < -0.3 is 5.73 Å². The number of nitriles is 1. The molecule has 0 saturated heterocycles. The third kappa shape index (κ3) is 2.23. The maximum Gasteiger partial charge on any atom is 0.164 e. The van der Waals surface area contributed by atoms with Crippen LogP contribution in [0.1, 0.15) is 11.3 Å². The molecule has 0 spiro atoms. The highest BCUT2D eigenvalue weighted by Gasteiger charge is 2.16. The number of hydrogen-bond donors (Lipinski definition) is 1. The van der Waals surface area contributed by atoms with Crippen molar-refractivity contribution in [1.82, 2.24) is 19.7 Å². The molecule has 2 heterocycles. The molecule has 0 unspecified atom stereocenters. The topological polar surface area (TPSA) is 93.4 Å². The molecule has 2 aromatic carbocycles. The summed E-state index contributed by atoms with van der Waals surface area (Å²) in [5.41, 5.74) is 8.58. The zero-order valence-corrected chi connectivity index (χ0v) is 12.8. The van der Waals surface area contributed by atoms with Crippen molar-refractivity contribution >= 4 is 27.6 Å². The summed E-state index contributed by atoms with van der Waals surface area (Å²) in [6, 6.07) is 16.5. The lowest BCUT2D eigenvalue weighted by molar-refractivity contribution is 0.712. The van der Waals surface area contributed by atoms with E-state index in [2.05, 4.69) is 45.4 Å². The Balaban J connectivity index is 1.89. The molecule has 0 aliphatic rings. The van der Waals surface area contributed by atoms with Gasteiger partial charge in [0.15, 0.2) is 5.65 Å². The highest BCUT2D eigenvalue weighted by atomic mass is 15.3. The summed E-state index contributed by atoms with van der Waals surface area (Å²) in [4.78, 5) is 8.32. The van der Waals surface area contributed by atoms with Crippen molar-refractivity contribution in [2.45, 2.75) is 13.0 Å². The fourth-order valence-corrected chi connectivity index (χ4v) is 3.03. The molecule has 0 aliphatic carbocycles. The van der Waals surface area contributed by atoms with E-state index in [1.165, 1.54) is 17.1 Å². The fourth-order valence-electron chi connectivity index (χ4n) is 3.03. The molecule has 4 aromatic rings. The van der Waals surface area contributed by atoms with E-state index in [-0.39, 0.29) is 6.54 Å². The molecule has 0 radical (unpaired) electrons. The van der Waals surface area contributed by atoms with Crippen LogP contribution in [0, 0.1) is 11.3 Å². The van der Waals surface area contributed by atoms with Gasteiger partial charge in [-0.25, -0.2) is 14.6 Å². The second-order valence-electron chi connectivity index (χ2n) is 5.54. The molecule has 0 atom stereocenters. The molecule has 0 fully saturated rings. The van der Waals surface area contributed by atoms with Crippen LogP contribution in [-0.4, -0.2) is 19.7 Å². The summed E-state index contributed by atoms with van der Waals surface area (Å²) in [7, 11) is 0. The van der Waals surface area contributed by atoms with E-state index >= 15 is 0 Å². The van der Waals surface area contributed by atoms with E-state index in [0.717, 1.165) is 16.6 Å². The Morgan fingerprint density at radius 1 is 1.08 bits per heavy atom. The van der Waals surface area contributed by atoms with Crippen molar-refractivity contribution in [3.05, 3.63) is 60.0 Å². The maximum absolute atomic E-state index is 9.00. The van der Waals surface area contributed by atoms with E-state index in [9.17, 15) is 0 Å². The zero-order valence-electron chi connectivity index (χ0n) is 12.8. The number of hydrogen-bond acceptors (Lipinski definition) is 5. The first-order valence-corrected chi connectivity index (χ1v) is 7.57. The number of rotatable bonds is 3. The second kappa shape index (κ2) is 5.63. The van der Waals surface area contributed by atoms with E-state index < -0.39 is 0 Å². The predicted molar refractivity (Wildman–Crippen MR) is 92.1 cm³/mol. The number of aromatic nitrogens is 4. The Labute approximate surface area is 138 Å². The summed E-state index contributed by atoms with van der Waals surface area (Å²) < 4.78 is 1.58. The summed E-state index contributed by atoms with van der Waals surface area (Å²) in [5, 5.41) is 16.6. The average molecular weight is 314 g/mol. The fraction of sp³-hybridized carbons (Fsp3) is 0.111. The van der Waals surface area contributed by atoms with Crippen LogP contribution in [0.15, 0.2) is 48.8 Å². The second-order valence-corrected chi connectivity index (χ2v) is 5.54. The first kappa shape index (κ1) is 14.2. The largest absolute Gasteiger partial charge is 0.383 e. The summed E-state index contributed by atoms with van der Waals surface area (Å²) in [6.45, 7) is 0.127. The zero-order chi connectivity index (χ0) is 16.5. The normalized spacial score (nSPS) is 11.0. The van der Waals surface area contributed by atoms with Gasteiger partial charge in [-0.2, -0.15) is 10.4 Å². The standard InChI is InChI=1S/C18H14N6/c19-8-9-24-18-16(17(20)21-11-22-18)15(23-24)10-13-6-3-5-12-4-1-2-7-14(12)13/h1-7,11H,9-10H2,(H2,20,21,22). The number of nitrogens with two attached hydrogens (primary N) is 1. The number of fused-ring (bicyclic) bond motifs is 2. The minimum Gasteiger partial charge on any atom is -0.383 e. The molecule has 0 aliphatic heterocycles. The molecule has 24 heavy (non-hydrogen) atoms. The van der Waals surface area contributed by atoms with Crippen molar-refractivity contribution in [3.63, 3.8) is 0 Å². The number of benzene rings is 2. The lowest BCUT2D eigenvalue weighted by Crippen LogP contribution is -2.00. The Morgan fingerprint density at radius 2 is 1.92 bits per heavy atom. The Hall–Kier alpha value is -3.46. The van der Waals surface area contributed by atoms with Gasteiger partial charge in [0.2, 0.25) is 0 Å².